The summed E-state index contributed by atoms with van der Waals surface area (Å²) < 4.78 is 0. The number of aryl methyl sites for hydroxylation is 1. The van der Waals surface area contributed by atoms with Crippen LogP contribution in [0.3, 0.4) is 0 Å². The molecule has 0 aliphatic carbocycles. The molecule has 3 N–H and O–H groups in total. The number of urea groups is 1. The van der Waals surface area contributed by atoms with Gasteiger partial charge in [-0.2, -0.15) is 0 Å². The van der Waals surface area contributed by atoms with Gasteiger partial charge in [-0.3, -0.25) is 0 Å². The number of carbonyl (C=O) groups excluding carboxylic acids is 1. The number of amides is 2. The summed E-state index contributed by atoms with van der Waals surface area (Å²) in [6, 6.07) is 20.5. The number of carbonyl (C=O) groups is 1. The summed E-state index contributed by atoms with van der Waals surface area (Å²) in [6.45, 7) is 4.77. The number of nitrogens with one attached hydrogen (secondary N) is 3. The first-order chi connectivity index (χ1) is 12.5. The van der Waals surface area contributed by atoms with Gasteiger partial charge in [0.1, 0.15) is 0 Å². The first kappa shape index (κ1) is 21.7. The summed E-state index contributed by atoms with van der Waals surface area (Å²) in [5.74, 6) is 0. The van der Waals surface area contributed by atoms with E-state index in [1.807, 2.05) is 64.3 Å². The van der Waals surface area contributed by atoms with Crippen LogP contribution in [0, 0.1) is 0 Å². The molecule has 0 spiro atoms. The second-order valence-electron chi connectivity index (χ2n) is 7.02. The summed E-state index contributed by atoms with van der Waals surface area (Å²) in [6.07, 6.45) is 2.73. The van der Waals surface area contributed by atoms with Crippen LogP contribution in [0.15, 0.2) is 60.7 Å². The molecule has 0 heterocycles. The third-order valence-corrected chi connectivity index (χ3v) is 3.71. The highest BCUT2D eigenvalue weighted by Gasteiger charge is 2.20. The zero-order valence-corrected chi connectivity index (χ0v) is 16.5. The van der Waals surface area contributed by atoms with Crippen molar-refractivity contribution in [3.05, 3.63) is 71.8 Å². The fraction of sp³-hybridized carbons (Fsp3) is 0.409. The van der Waals surface area contributed by atoms with Gasteiger partial charge in [0.25, 0.3) is 0 Å². The van der Waals surface area contributed by atoms with Crippen LogP contribution in [0.5, 0.6) is 0 Å². The van der Waals surface area contributed by atoms with Gasteiger partial charge in [-0.25, -0.2) is 4.79 Å². The second-order valence-corrected chi connectivity index (χ2v) is 7.02. The molecular weight excluding hydrogens is 322 g/mol. The normalized spacial score (nSPS) is 10.5. The Bertz CT molecular complexity index is 622. The summed E-state index contributed by atoms with van der Waals surface area (Å²) in [5, 5.41) is 8.75. The molecule has 4 nitrogen and oxygen atoms in total. The summed E-state index contributed by atoms with van der Waals surface area (Å²) in [7, 11) is 3.75. The largest absolute Gasteiger partial charge is 0.338 e. The molecule has 0 aliphatic heterocycles. The Kier molecular flexibility index (Phi) is 10.1. The van der Waals surface area contributed by atoms with Crippen molar-refractivity contribution >= 4 is 6.03 Å². The quantitative estimate of drug-likeness (QED) is 0.647. The van der Waals surface area contributed by atoms with E-state index in [0.29, 0.717) is 6.54 Å². The van der Waals surface area contributed by atoms with E-state index in [9.17, 15) is 4.79 Å². The first-order valence-electron chi connectivity index (χ1n) is 9.19. The Morgan fingerprint density at radius 3 is 1.96 bits per heavy atom. The Hall–Kier alpha value is -2.33. The number of rotatable bonds is 7. The maximum atomic E-state index is 12.0. The third kappa shape index (κ3) is 9.84. The maximum absolute atomic E-state index is 12.0. The molecule has 4 heteroatoms. The fourth-order valence-electron chi connectivity index (χ4n) is 2.64. The minimum Gasteiger partial charge on any atom is -0.338 e. The Morgan fingerprint density at radius 1 is 0.923 bits per heavy atom. The van der Waals surface area contributed by atoms with Crippen LogP contribution in [-0.4, -0.2) is 32.2 Å². The zero-order valence-electron chi connectivity index (χ0n) is 16.5. The Morgan fingerprint density at radius 2 is 1.42 bits per heavy atom. The number of hydrogen-bond donors (Lipinski definition) is 3. The molecule has 0 aromatic heterocycles. The van der Waals surface area contributed by atoms with Crippen LogP contribution in [0.4, 0.5) is 4.79 Å². The van der Waals surface area contributed by atoms with Crippen LogP contribution in [0.1, 0.15) is 34.2 Å². The van der Waals surface area contributed by atoms with Gasteiger partial charge in [-0.05, 0) is 58.3 Å². The molecular formula is C22H37N3O. The molecule has 2 rings (SSSR count). The van der Waals surface area contributed by atoms with Crippen molar-refractivity contribution in [2.24, 2.45) is 0 Å². The molecule has 0 saturated heterocycles. The van der Waals surface area contributed by atoms with Crippen LogP contribution in [0.2, 0.25) is 0 Å². The molecule has 0 fully saturated rings. The smallest absolute Gasteiger partial charge is 0.315 e. The molecule has 0 atom stereocenters. The molecule has 2 amide bonds. The van der Waals surface area contributed by atoms with E-state index in [-0.39, 0.29) is 14.4 Å². The molecule has 2 aromatic rings. The average molecular weight is 360 g/mol. The van der Waals surface area contributed by atoms with Gasteiger partial charge in [-0.1, -0.05) is 60.7 Å². The highest BCUT2D eigenvalue weighted by molar-refractivity contribution is 5.74. The van der Waals surface area contributed by atoms with Crippen molar-refractivity contribution in [1.82, 2.24) is 16.0 Å². The molecule has 146 valence electrons. The summed E-state index contributed by atoms with van der Waals surface area (Å²) in [4.78, 5) is 12.0. The molecule has 2 aromatic carbocycles. The summed E-state index contributed by atoms with van der Waals surface area (Å²) in [5.41, 5.74) is 2.26. The SMILES string of the molecule is CC(C)(Cc1ccccc1)NC(=O)NCCCc1ccccc1.CNC.[HH].[HH]. The summed E-state index contributed by atoms with van der Waals surface area (Å²) >= 11 is 0. The predicted molar refractivity (Wildman–Crippen MR) is 115 cm³/mol. The molecule has 0 unspecified atom stereocenters. The highest BCUT2D eigenvalue weighted by atomic mass is 16.2. The predicted octanol–water partition coefficient (Wildman–Crippen LogP) is 4.27. The fourth-order valence-corrected chi connectivity index (χ4v) is 2.64. The minimum atomic E-state index is -0.273. The molecule has 0 saturated carbocycles. The van der Waals surface area contributed by atoms with E-state index < -0.39 is 0 Å². The van der Waals surface area contributed by atoms with Crippen molar-refractivity contribution in [3.8, 4) is 0 Å². The highest BCUT2D eigenvalue weighted by Crippen LogP contribution is 2.12. The lowest BCUT2D eigenvalue weighted by Crippen LogP contribution is -2.49. The van der Waals surface area contributed by atoms with Gasteiger partial charge in [0.2, 0.25) is 0 Å². The van der Waals surface area contributed by atoms with Gasteiger partial charge in [0.05, 0.1) is 0 Å². The molecule has 26 heavy (non-hydrogen) atoms. The van der Waals surface area contributed by atoms with Gasteiger partial charge in [0.15, 0.2) is 0 Å². The van der Waals surface area contributed by atoms with E-state index in [4.69, 9.17) is 0 Å². The van der Waals surface area contributed by atoms with Gasteiger partial charge >= 0.3 is 6.03 Å². The average Bonchev–Trinajstić information content (AvgIpc) is 2.60. The van der Waals surface area contributed by atoms with Gasteiger partial charge < -0.3 is 16.0 Å². The molecule has 0 bridgehead atoms. The van der Waals surface area contributed by atoms with E-state index >= 15 is 0 Å². The van der Waals surface area contributed by atoms with Crippen molar-refractivity contribution in [1.29, 1.82) is 0 Å². The lowest BCUT2D eigenvalue weighted by atomic mass is 9.95. The minimum absolute atomic E-state index is 0. The Labute approximate surface area is 161 Å². The van der Waals surface area contributed by atoms with Crippen molar-refractivity contribution in [2.75, 3.05) is 20.6 Å². The van der Waals surface area contributed by atoms with Crippen molar-refractivity contribution < 1.29 is 7.65 Å². The van der Waals surface area contributed by atoms with Gasteiger partial charge in [-0.15, -0.1) is 0 Å². The van der Waals surface area contributed by atoms with Crippen LogP contribution in [-0.2, 0) is 12.8 Å². The topological polar surface area (TPSA) is 53.2 Å². The van der Waals surface area contributed by atoms with Gasteiger partial charge in [0, 0.05) is 14.9 Å². The first-order valence-corrected chi connectivity index (χ1v) is 9.19. The molecule has 0 aliphatic rings. The van der Waals surface area contributed by atoms with Crippen LogP contribution in [0.25, 0.3) is 0 Å². The molecule has 0 radical (unpaired) electrons. The monoisotopic (exact) mass is 359 g/mol. The zero-order chi connectivity index (χ0) is 19.3. The second kappa shape index (κ2) is 12.1. The lowest BCUT2D eigenvalue weighted by molar-refractivity contribution is 0.229. The van der Waals surface area contributed by atoms with E-state index in [0.717, 1.165) is 19.3 Å². The van der Waals surface area contributed by atoms with E-state index in [2.05, 4.69) is 40.2 Å². The number of benzene rings is 2. The van der Waals surface area contributed by atoms with Crippen LogP contribution < -0.4 is 16.0 Å². The van der Waals surface area contributed by atoms with E-state index in [1.54, 1.807) is 0 Å². The standard InChI is InChI=1S/C20H26N2O.C2H7N.2H2/c1-20(2,16-18-12-7-4-8-13-18)22-19(23)21-15-9-14-17-10-5-3-6-11-17;1-3-2;;/h3-8,10-13H,9,14-16H2,1-2H3,(H2,21,22,23);3H,1-2H3;2*1H. The third-order valence-electron chi connectivity index (χ3n) is 3.71. The number of hydrogen-bond acceptors (Lipinski definition) is 2. The Balaban J connectivity index is 0. The maximum Gasteiger partial charge on any atom is 0.315 e. The van der Waals surface area contributed by atoms with E-state index in [1.165, 1.54) is 11.1 Å². The van der Waals surface area contributed by atoms with Crippen molar-refractivity contribution in [3.63, 3.8) is 0 Å². The van der Waals surface area contributed by atoms with Crippen LogP contribution >= 0.6 is 0 Å². The lowest BCUT2D eigenvalue weighted by Gasteiger charge is -2.26. The van der Waals surface area contributed by atoms with Crippen molar-refractivity contribution in [2.45, 2.75) is 38.6 Å².